The number of esters is 1. The number of halogens is 2. The third-order valence-corrected chi connectivity index (χ3v) is 4.26. The molecule has 2 N–H and O–H groups in total. The van der Waals surface area contributed by atoms with Gasteiger partial charge in [-0.1, -0.05) is 0 Å². The molecule has 0 aromatic carbocycles. The van der Waals surface area contributed by atoms with Gasteiger partial charge in [0.15, 0.2) is 6.10 Å². The van der Waals surface area contributed by atoms with E-state index in [0.717, 1.165) is 6.42 Å². The van der Waals surface area contributed by atoms with Crippen molar-refractivity contribution in [3.8, 4) is 0 Å². The molecule has 1 aliphatic carbocycles. The summed E-state index contributed by atoms with van der Waals surface area (Å²) < 4.78 is 42.3. The molecule has 1 spiro atoms. The molecule has 1 saturated carbocycles. The molecule has 8 heteroatoms. The summed E-state index contributed by atoms with van der Waals surface area (Å²) >= 11 is 0. The van der Waals surface area contributed by atoms with Crippen LogP contribution in [0.5, 0.6) is 0 Å². The first-order valence-corrected chi connectivity index (χ1v) is 7.35. The maximum atomic E-state index is 13.0. The van der Waals surface area contributed by atoms with Crippen LogP contribution in [0.15, 0.2) is 0 Å². The van der Waals surface area contributed by atoms with Crippen molar-refractivity contribution in [2.24, 2.45) is 5.41 Å². The summed E-state index contributed by atoms with van der Waals surface area (Å²) in [6.07, 6.45) is 1.32. The molecule has 128 valence electrons. The Morgan fingerprint density at radius 3 is 2.36 bits per heavy atom. The van der Waals surface area contributed by atoms with E-state index in [4.69, 9.17) is 14.2 Å². The zero-order valence-electron chi connectivity index (χ0n) is 12.5. The van der Waals surface area contributed by atoms with Crippen molar-refractivity contribution in [1.29, 1.82) is 0 Å². The third kappa shape index (κ3) is 3.40. The number of rotatable bonds is 4. The number of hydrogen-bond donors (Lipinski definition) is 2. The summed E-state index contributed by atoms with van der Waals surface area (Å²) in [4.78, 5) is 11.4. The van der Waals surface area contributed by atoms with Crippen LogP contribution in [0.3, 0.4) is 0 Å². The lowest BCUT2D eigenvalue weighted by molar-refractivity contribution is -0.354. The number of ether oxygens (including phenoxy) is 3. The van der Waals surface area contributed by atoms with E-state index in [1.54, 1.807) is 0 Å². The molecule has 2 aliphatic rings. The normalized spacial score (nSPS) is 27.6. The molecule has 2 rings (SSSR count). The Bertz CT molecular complexity index is 395. The molecule has 22 heavy (non-hydrogen) atoms. The second kappa shape index (κ2) is 6.35. The van der Waals surface area contributed by atoms with Crippen molar-refractivity contribution in [3.05, 3.63) is 0 Å². The van der Waals surface area contributed by atoms with E-state index >= 15 is 0 Å². The highest BCUT2D eigenvalue weighted by atomic mass is 19.3. The lowest BCUT2D eigenvalue weighted by Gasteiger charge is -2.49. The van der Waals surface area contributed by atoms with Gasteiger partial charge in [0, 0.05) is 13.3 Å². The van der Waals surface area contributed by atoms with Gasteiger partial charge in [-0.2, -0.15) is 8.78 Å². The highest BCUT2D eigenvalue weighted by Crippen LogP contribution is 2.41. The molecule has 0 amide bonds. The minimum atomic E-state index is -3.58. The Hall–Kier alpha value is -0.830. The molecule has 2 fully saturated rings. The highest BCUT2D eigenvalue weighted by Gasteiger charge is 2.53. The van der Waals surface area contributed by atoms with Crippen molar-refractivity contribution < 1.29 is 38.0 Å². The van der Waals surface area contributed by atoms with Gasteiger partial charge in [0.25, 0.3) is 0 Å². The molecule has 1 heterocycles. The molecule has 1 aliphatic heterocycles. The van der Waals surface area contributed by atoms with Crippen LogP contribution in [-0.4, -0.2) is 60.4 Å². The van der Waals surface area contributed by atoms with Crippen molar-refractivity contribution >= 4 is 5.97 Å². The summed E-state index contributed by atoms with van der Waals surface area (Å²) in [7, 11) is 0. The lowest BCUT2D eigenvalue weighted by atomic mass is 9.86. The van der Waals surface area contributed by atoms with Crippen LogP contribution in [0.2, 0.25) is 0 Å². The Balaban J connectivity index is 2.09. The average molecular weight is 324 g/mol. The van der Waals surface area contributed by atoms with Crippen LogP contribution in [-0.2, 0) is 19.0 Å². The highest BCUT2D eigenvalue weighted by molar-refractivity contribution is 5.77. The van der Waals surface area contributed by atoms with Gasteiger partial charge in [0.2, 0.25) is 5.79 Å². The molecule has 6 nitrogen and oxygen atoms in total. The lowest BCUT2D eigenvalue weighted by Crippen LogP contribution is -2.60. The standard InChI is InChI=1S/C14H22F2O6/c1-12(15,16)11(19)22-10-4-2-3-5-14(10)20-8-13(6-17,7-18)9-21-14/h10,17-18H,2-9H2,1H3. The monoisotopic (exact) mass is 324 g/mol. The van der Waals surface area contributed by atoms with Crippen LogP contribution in [0, 0.1) is 5.41 Å². The third-order valence-electron chi connectivity index (χ3n) is 4.26. The molecular weight excluding hydrogens is 302 g/mol. The van der Waals surface area contributed by atoms with E-state index in [1.807, 2.05) is 0 Å². The topological polar surface area (TPSA) is 85.2 Å². The Morgan fingerprint density at radius 1 is 1.27 bits per heavy atom. The first-order chi connectivity index (χ1) is 10.3. The van der Waals surface area contributed by atoms with Gasteiger partial charge in [0.05, 0.1) is 31.8 Å². The first-order valence-electron chi connectivity index (χ1n) is 7.35. The predicted molar refractivity (Wildman–Crippen MR) is 70.2 cm³/mol. The van der Waals surface area contributed by atoms with Gasteiger partial charge in [-0.25, -0.2) is 4.79 Å². The summed E-state index contributed by atoms with van der Waals surface area (Å²) in [5.74, 6) is -6.45. The zero-order valence-corrected chi connectivity index (χ0v) is 12.5. The summed E-state index contributed by atoms with van der Waals surface area (Å²) in [6.45, 7) is -0.142. The molecule has 0 aromatic rings. The number of alkyl halides is 2. The van der Waals surface area contributed by atoms with Gasteiger partial charge < -0.3 is 24.4 Å². The molecule has 1 saturated heterocycles. The SMILES string of the molecule is CC(F)(F)C(=O)OC1CCCCC12OCC(CO)(CO)CO2. The van der Waals surface area contributed by atoms with Crippen molar-refractivity contribution in [3.63, 3.8) is 0 Å². The minimum absolute atomic E-state index is 0.0105. The maximum Gasteiger partial charge on any atom is 0.377 e. The number of carbonyl (C=O) groups is 1. The predicted octanol–water partition coefficient (Wildman–Crippen LogP) is 0.841. The largest absolute Gasteiger partial charge is 0.452 e. The summed E-state index contributed by atoms with van der Waals surface area (Å²) in [5, 5.41) is 18.7. The second-order valence-corrected chi connectivity index (χ2v) is 6.23. The fourth-order valence-electron chi connectivity index (χ4n) is 2.66. The van der Waals surface area contributed by atoms with Gasteiger partial charge in [0.1, 0.15) is 0 Å². The van der Waals surface area contributed by atoms with Crippen LogP contribution in [0.1, 0.15) is 32.6 Å². The summed E-state index contributed by atoms with van der Waals surface area (Å²) in [5.41, 5.74) is -0.925. The van der Waals surface area contributed by atoms with E-state index in [2.05, 4.69) is 0 Å². The number of aliphatic hydroxyl groups excluding tert-OH is 2. The van der Waals surface area contributed by atoms with Crippen LogP contribution in [0.4, 0.5) is 8.78 Å². The van der Waals surface area contributed by atoms with E-state index in [0.29, 0.717) is 26.2 Å². The molecule has 1 unspecified atom stereocenters. The zero-order chi connectivity index (χ0) is 16.4. The van der Waals surface area contributed by atoms with E-state index in [9.17, 15) is 23.8 Å². The Morgan fingerprint density at radius 2 is 1.86 bits per heavy atom. The van der Waals surface area contributed by atoms with E-state index in [-0.39, 0.29) is 26.4 Å². The van der Waals surface area contributed by atoms with Gasteiger partial charge >= 0.3 is 11.9 Å². The van der Waals surface area contributed by atoms with Crippen LogP contribution >= 0.6 is 0 Å². The van der Waals surface area contributed by atoms with E-state index < -0.39 is 29.2 Å². The first kappa shape index (κ1) is 17.5. The van der Waals surface area contributed by atoms with Crippen molar-refractivity contribution in [2.45, 2.75) is 50.4 Å². The van der Waals surface area contributed by atoms with Gasteiger partial charge in [-0.15, -0.1) is 0 Å². The average Bonchev–Trinajstić information content (AvgIpc) is 2.50. The second-order valence-electron chi connectivity index (χ2n) is 6.23. The Labute approximate surface area is 127 Å². The van der Waals surface area contributed by atoms with E-state index in [1.165, 1.54) is 0 Å². The minimum Gasteiger partial charge on any atom is -0.452 e. The Kier molecular flexibility index (Phi) is 5.06. The maximum absolute atomic E-state index is 13.0. The van der Waals surface area contributed by atoms with Crippen molar-refractivity contribution in [2.75, 3.05) is 26.4 Å². The molecule has 0 radical (unpaired) electrons. The van der Waals surface area contributed by atoms with Crippen molar-refractivity contribution in [1.82, 2.24) is 0 Å². The number of carbonyl (C=O) groups excluding carboxylic acids is 1. The van der Waals surface area contributed by atoms with Crippen LogP contribution in [0.25, 0.3) is 0 Å². The smallest absolute Gasteiger partial charge is 0.377 e. The number of aliphatic hydroxyl groups is 2. The molecule has 0 bridgehead atoms. The van der Waals surface area contributed by atoms with Gasteiger partial charge in [-0.3, -0.25) is 0 Å². The fourth-order valence-corrected chi connectivity index (χ4v) is 2.66. The molecular formula is C14H22F2O6. The molecule has 0 aromatic heterocycles. The number of hydrogen-bond acceptors (Lipinski definition) is 6. The van der Waals surface area contributed by atoms with Gasteiger partial charge in [-0.05, 0) is 19.3 Å². The fraction of sp³-hybridized carbons (Fsp3) is 0.929. The molecule has 1 atom stereocenters. The quantitative estimate of drug-likeness (QED) is 0.746. The summed E-state index contributed by atoms with van der Waals surface area (Å²) in [6, 6.07) is 0. The van der Waals surface area contributed by atoms with Crippen LogP contribution < -0.4 is 0 Å².